The third-order valence-electron chi connectivity index (χ3n) is 4.20. The lowest BCUT2D eigenvalue weighted by molar-refractivity contribution is -0.184. The predicted molar refractivity (Wildman–Crippen MR) is 93.6 cm³/mol. The summed E-state index contributed by atoms with van der Waals surface area (Å²) < 4.78 is 45.5. The third-order valence-corrected chi connectivity index (χ3v) is 4.51. The molecule has 2 unspecified atom stereocenters. The Bertz CT molecular complexity index is 622. The second-order valence-corrected chi connectivity index (χ2v) is 6.69. The lowest BCUT2D eigenvalue weighted by Crippen LogP contribution is -2.58. The van der Waals surface area contributed by atoms with Crippen molar-refractivity contribution in [3.05, 3.63) is 28.8 Å². The molecule has 2 atom stereocenters. The van der Waals surface area contributed by atoms with Crippen molar-refractivity contribution in [1.29, 1.82) is 0 Å². The molecule has 1 heterocycles. The van der Waals surface area contributed by atoms with Gasteiger partial charge in [-0.3, -0.25) is 9.69 Å². The van der Waals surface area contributed by atoms with Crippen molar-refractivity contribution >= 4 is 17.5 Å². The third kappa shape index (κ3) is 5.75. The molecule has 2 rings (SSSR count). The van der Waals surface area contributed by atoms with Crippen LogP contribution in [0.5, 0.6) is 5.75 Å². The molecule has 1 aromatic rings. The highest BCUT2D eigenvalue weighted by Gasteiger charge is 2.44. The Hall–Kier alpha value is -1.51. The van der Waals surface area contributed by atoms with Crippen LogP contribution in [0.1, 0.15) is 12.5 Å². The van der Waals surface area contributed by atoms with Gasteiger partial charge in [-0.05, 0) is 31.5 Å². The van der Waals surface area contributed by atoms with E-state index in [-0.39, 0.29) is 13.1 Å². The van der Waals surface area contributed by atoms with E-state index in [4.69, 9.17) is 16.3 Å². The molecule has 0 aliphatic carbocycles. The van der Waals surface area contributed by atoms with Crippen LogP contribution in [-0.2, 0) is 4.79 Å². The quantitative estimate of drug-likeness (QED) is 0.779. The van der Waals surface area contributed by atoms with Crippen molar-refractivity contribution < 1.29 is 22.7 Å². The van der Waals surface area contributed by atoms with E-state index in [1.807, 2.05) is 6.92 Å². The number of halogens is 4. The second kappa shape index (κ2) is 8.92. The Kier molecular flexibility index (Phi) is 7.14. The number of hydrogen-bond acceptors (Lipinski definition) is 4. The van der Waals surface area contributed by atoms with Crippen LogP contribution < -0.4 is 15.4 Å². The normalized spacial score (nSPS) is 18.2. The van der Waals surface area contributed by atoms with Crippen molar-refractivity contribution in [3.63, 3.8) is 0 Å². The fourth-order valence-electron chi connectivity index (χ4n) is 2.73. The number of hydrogen-bond donors (Lipinski definition) is 2. The second-order valence-electron chi connectivity index (χ2n) is 6.28. The molecular formula is C17H23ClF3N3O2. The van der Waals surface area contributed by atoms with E-state index in [2.05, 4.69) is 10.6 Å². The fourth-order valence-corrected chi connectivity index (χ4v) is 2.89. The SMILES string of the molecule is Cc1ccc(Cl)c(OC(C)C(=O)NCC(N2CCNCC2)C(F)(F)F)c1. The van der Waals surface area contributed by atoms with Crippen LogP contribution in [0.4, 0.5) is 13.2 Å². The van der Waals surface area contributed by atoms with E-state index in [0.717, 1.165) is 5.56 Å². The van der Waals surface area contributed by atoms with Gasteiger partial charge in [-0.1, -0.05) is 17.7 Å². The molecule has 1 aliphatic heterocycles. The molecule has 146 valence electrons. The summed E-state index contributed by atoms with van der Waals surface area (Å²) >= 11 is 6.02. The van der Waals surface area contributed by atoms with Crippen LogP contribution in [0.15, 0.2) is 18.2 Å². The van der Waals surface area contributed by atoms with Crippen molar-refractivity contribution in [1.82, 2.24) is 15.5 Å². The van der Waals surface area contributed by atoms with Gasteiger partial charge in [0.1, 0.15) is 11.8 Å². The summed E-state index contributed by atoms with van der Waals surface area (Å²) in [6, 6.07) is 3.39. The average molecular weight is 394 g/mol. The van der Waals surface area contributed by atoms with Crippen LogP contribution in [0.2, 0.25) is 5.02 Å². The summed E-state index contributed by atoms with van der Waals surface area (Å²) in [7, 11) is 0. The summed E-state index contributed by atoms with van der Waals surface area (Å²) in [5.41, 5.74) is 0.896. The number of amides is 1. The molecule has 1 fully saturated rings. The van der Waals surface area contributed by atoms with Gasteiger partial charge in [0.25, 0.3) is 5.91 Å². The molecule has 1 aromatic carbocycles. The smallest absolute Gasteiger partial charge is 0.405 e. The van der Waals surface area contributed by atoms with Gasteiger partial charge in [-0.2, -0.15) is 13.2 Å². The highest BCUT2D eigenvalue weighted by molar-refractivity contribution is 6.32. The monoisotopic (exact) mass is 393 g/mol. The minimum absolute atomic E-state index is 0.283. The first-order valence-electron chi connectivity index (χ1n) is 8.40. The molecule has 9 heteroatoms. The summed E-state index contributed by atoms with van der Waals surface area (Å²) in [6.45, 7) is 4.35. The summed E-state index contributed by atoms with van der Waals surface area (Å²) in [5.74, 6) is -0.296. The number of nitrogens with zero attached hydrogens (tertiary/aromatic N) is 1. The van der Waals surface area contributed by atoms with Crippen LogP contribution in [0.25, 0.3) is 0 Å². The average Bonchev–Trinajstić information content (AvgIpc) is 2.58. The van der Waals surface area contributed by atoms with Crippen molar-refractivity contribution in [2.75, 3.05) is 32.7 Å². The molecule has 2 N–H and O–H groups in total. The van der Waals surface area contributed by atoms with Gasteiger partial charge < -0.3 is 15.4 Å². The van der Waals surface area contributed by atoms with Gasteiger partial charge in [0.2, 0.25) is 0 Å². The number of carbonyl (C=O) groups excluding carboxylic acids is 1. The summed E-state index contributed by atoms with van der Waals surface area (Å²) in [5, 5.41) is 5.70. The van der Waals surface area contributed by atoms with Crippen molar-refractivity contribution in [3.8, 4) is 5.75 Å². The molecule has 1 aliphatic rings. The first kappa shape index (κ1) is 20.8. The number of nitrogens with one attached hydrogen (secondary N) is 2. The fraction of sp³-hybridized carbons (Fsp3) is 0.588. The van der Waals surface area contributed by atoms with E-state index in [1.165, 1.54) is 11.8 Å². The van der Waals surface area contributed by atoms with Gasteiger partial charge in [0, 0.05) is 32.7 Å². The van der Waals surface area contributed by atoms with E-state index >= 15 is 0 Å². The molecule has 1 amide bonds. The lowest BCUT2D eigenvalue weighted by Gasteiger charge is -2.36. The molecule has 0 bridgehead atoms. The van der Waals surface area contributed by atoms with Crippen molar-refractivity contribution in [2.24, 2.45) is 0 Å². The first-order valence-corrected chi connectivity index (χ1v) is 8.78. The van der Waals surface area contributed by atoms with Crippen LogP contribution in [0, 0.1) is 6.92 Å². The topological polar surface area (TPSA) is 53.6 Å². The number of ether oxygens (including phenoxy) is 1. The molecule has 1 saturated heterocycles. The van der Waals surface area contributed by atoms with Gasteiger partial charge in [0.05, 0.1) is 5.02 Å². The van der Waals surface area contributed by atoms with Gasteiger partial charge in [-0.15, -0.1) is 0 Å². The van der Waals surface area contributed by atoms with Crippen LogP contribution in [-0.4, -0.2) is 61.9 Å². The summed E-state index contributed by atoms with van der Waals surface area (Å²) in [6.07, 6.45) is -5.39. The maximum atomic E-state index is 13.3. The Morgan fingerprint density at radius 3 is 2.65 bits per heavy atom. The van der Waals surface area contributed by atoms with E-state index in [9.17, 15) is 18.0 Å². The Labute approximate surface area is 155 Å². The molecule has 0 aromatic heterocycles. The van der Waals surface area contributed by atoms with Crippen molar-refractivity contribution in [2.45, 2.75) is 32.2 Å². The van der Waals surface area contributed by atoms with E-state index < -0.39 is 30.8 Å². The molecule has 5 nitrogen and oxygen atoms in total. The zero-order valence-electron chi connectivity index (χ0n) is 14.7. The van der Waals surface area contributed by atoms with Gasteiger partial charge in [-0.25, -0.2) is 0 Å². The highest BCUT2D eigenvalue weighted by Crippen LogP contribution is 2.27. The largest absolute Gasteiger partial charge is 0.479 e. The standard InChI is InChI=1S/C17H23ClF3N3O2/c1-11-3-4-13(18)14(9-11)26-12(2)16(25)23-10-15(17(19,20)21)24-7-5-22-6-8-24/h3-4,9,12,15,22H,5-8,10H2,1-2H3,(H,23,25). The zero-order chi connectivity index (χ0) is 19.3. The molecule has 26 heavy (non-hydrogen) atoms. The van der Waals surface area contributed by atoms with E-state index in [0.29, 0.717) is 23.9 Å². The minimum Gasteiger partial charge on any atom is -0.479 e. The van der Waals surface area contributed by atoms with Gasteiger partial charge in [0.15, 0.2) is 6.10 Å². The number of aryl methyl sites for hydroxylation is 1. The Morgan fingerprint density at radius 1 is 1.38 bits per heavy atom. The van der Waals surface area contributed by atoms with Crippen LogP contribution in [0.3, 0.4) is 0 Å². The predicted octanol–water partition coefficient (Wildman–Crippen LogP) is 2.37. The minimum atomic E-state index is -4.42. The Morgan fingerprint density at radius 2 is 2.04 bits per heavy atom. The Balaban J connectivity index is 1.95. The summed E-state index contributed by atoms with van der Waals surface area (Å²) in [4.78, 5) is 13.5. The maximum Gasteiger partial charge on any atom is 0.405 e. The van der Waals surface area contributed by atoms with Gasteiger partial charge >= 0.3 is 6.18 Å². The molecule has 0 radical (unpaired) electrons. The molecule has 0 saturated carbocycles. The van der Waals surface area contributed by atoms with Crippen LogP contribution >= 0.6 is 11.6 Å². The maximum absolute atomic E-state index is 13.3. The highest BCUT2D eigenvalue weighted by atomic mass is 35.5. The number of carbonyl (C=O) groups is 1. The number of rotatable bonds is 6. The molecule has 0 spiro atoms. The molecular weight excluding hydrogens is 371 g/mol. The zero-order valence-corrected chi connectivity index (χ0v) is 15.5. The lowest BCUT2D eigenvalue weighted by atomic mass is 10.2. The first-order chi connectivity index (χ1) is 12.2. The number of piperazine rings is 1. The number of alkyl halides is 3. The van der Waals surface area contributed by atoms with E-state index in [1.54, 1.807) is 18.2 Å². The number of benzene rings is 1.